The number of nitrogens with zero attached hydrogens (tertiary/aromatic N) is 1. The van der Waals surface area contributed by atoms with Gasteiger partial charge in [-0.15, -0.1) is 0 Å². The second kappa shape index (κ2) is 6.00. The lowest BCUT2D eigenvalue weighted by atomic mass is 9.83. The molecule has 20 heavy (non-hydrogen) atoms. The third-order valence-corrected chi connectivity index (χ3v) is 5.00. The average Bonchev–Trinajstić information content (AvgIpc) is 2.44. The molecule has 1 spiro atoms. The van der Waals surface area contributed by atoms with Gasteiger partial charge in [-0.3, -0.25) is 4.79 Å². The van der Waals surface area contributed by atoms with Crippen molar-refractivity contribution in [3.05, 3.63) is 0 Å². The van der Waals surface area contributed by atoms with Crippen molar-refractivity contribution in [2.75, 3.05) is 33.4 Å². The van der Waals surface area contributed by atoms with Gasteiger partial charge in [0.2, 0.25) is 5.91 Å². The number of carbonyl (C=O) groups is 1. The van der Waals surface area contributed by atoms with E-state index in [1.165, 1.54) is 0 Å². The van der Waals surface area contributed by atoms with Crippen LogP contribution in [0, 0.1) is 0 Å². The summed E-state index contributed by atoms with van der Waals surface area (Å²) in [6.07, 6.45) is 5.86. The lowest BCUT2D eigenvalue weighted by Gasteiger charge is -2.45. The fourth-order valence-corrected chi connectivity index (χ4v) is 3.74. The molecule has 0 radical (unpaired) electrons. The van der Waals surface area contributed by atoms with Gasteiger partial charge in [0.25, 0.3) is 0 Å². The highest BCUT2D eigenvalue weighted by atomic mass is 16.5. The lowest BCUT2D eigenvalue weighted by molar-refractivity contribution is -0.142. The number of likely N-dealkylation sites (N-methyl/N-ethyl adjacent to an activating group) is 1. The van der Waals surface area contributed by atoms with Gasteiger partial charge in [-0.1, -0.05) is 0 Å². The molecule has 2 atom stereocenters. The molecule has 3 aliphatic rings. The van der Waals surface area contributed by atoms with Crippen LogP contribution < -0.4 is 5.32 Å². The van der Waals surface area contributed by atoms with Crippen molar-refractivity contribution in [3.8, 4) is 0 Å². The number of carbonyl (C=O) groups excluding carboxylic acids is 1. The molecule has 5 nitrogen and oxygen atoms in total. The minimum absolute atomic E-state index is 0.0462. The maximum atomic E-state index is 11.5. The van der Waals surface area contributed by atoms with Crippen molar-refractivity contribution in [1.82, 2.24) is 10.2 Å². The van der Waals surface area contributed by atoms with Gasteiger partial charge in [0.15, 0.2) is 0 Å². The Labute approximate surface area is 121 Å². The van der Waals surface area contributed by atoms with Crippen molar-refractivity contribution >= 4 is 5.91 Å². The van der Waals surface area contributed by atoms with Gasteiger partial charge in [0.05, 0.1) is 5.60 Å². The SMILES string of the molecule is CN1CC(NC2CCOC3(CCOCC3)C2)CCC1=O. The van der Waals surface area contributed by atoms with E-state index < -0.39 is 0 Å². The summed E-state index contributed by atoms with van der Waals surface area (Å²) in [7, 11) is 1.90. The number of rotatable bonds is 2. The van der Waals surface area contributed by atoms with Crippen molar-refractivity contribution < 1.29 is 14.3 Å². The minimum Gasteiger partial charge on any atom is -0.381 e. The van der Waals surface area contributed by atoms with E-state index in [4.69, 9.17) is 9.47 Å². The van der Waals surface area contributed by atoms with E-state index in [1.54, 1.807) is 0 Å². The molecule has 5 heteroatoms. The van der Waals surface area contributed by atoms with Gasteiger partial charge in [0, 0.05) is 51.9 Å². The van der Waals surface area contributed by atoms with E-state index in [0.717, 1.165) is 58.5 Å². The average molecular weight is 282 g/mol. The topological polar surface area (TPSA) is 50.8 Å². The van der Waals surface area contributed by atoms with Gasteiger partial charge in [0.1, 0.15) is 0 Å². The van der Waals surface area contributed by atoms with E-state index in [2.05, 4.69) is 5.32 Å². The van der Waals surface area contributed by atoms with Crippen LogP contribution in [-0.4, -0.2) is 61.9 Å². The summed E-state index contributed by atoms with van der Waals surface area (Å²) >= 11 is 0. The first-order chi connectivity index (χ1) is 9.67. The predicted octanol–water partition coefficient (Wildman–Crippen LogP) is 0.925. The van der Waals surface area contributed by atoms with Crippen LogP contribution in [0.5, 0.6) is 0 Å². The summed E-state index contributed by atoms with van der Waals surface area (Å²) < 4.78 is 11.5. The molecule has 0 aromatic carbocycles. The summed E-state index contributed by atoms with van der Waals surface area (Å²) in [4.78, 5) is 13.4. The molecule has 1 N–H and O–H groups in total. The number of ether oxygens (including phenoxy) is 2. The zero-order valence-corrected chi connectivity index (χ0v) is 12.4. The zero-order chi connectivity index (χ0) is 14.0. The number of likely N-dealkylation sites (tertiary alicyclic amines) is 1. The van der Waals surface area contributed by atoms with E-state index in [-0.39, 0.29) is 11.5 Å². The molecule has 3 fully saturated rings. The molecule has 3 aliphatic heterocycles. The van der Waals surface area contributed by atoms with E-state index >= 15 is 0 Å². The van der Waals surface area contributed by atoms with Crippen LogP contribution in [0.1, 0.15) is 38.5 Å². The Balaban J connectivity index is 1.53. The quantitative estimate of drug-likeness (QED) is 0.818. The molecule has 0 saturated carbocycles. The van der Waals surface area contributed by atoms with Gasteiger partial charge < -0.3 is 19.7 Å². The third-order valence-electron chi connectivity index (χ3n) is 5.00. The molecule has 0 bridgehead atoms. The van der Waals surface area contributed by atoms with Crippen molar-refractivity contribution in [1.29, 1.82) is 0 Å². The molecular weight excluding hydrogens is 256 g/mol. The third kappa shape index (κ3) is 3.15. The van der Waals surface area contributed by atoms with Crippen molar-refractivity contribution in [3.63, 3.8) is 0 Å². The van der Waals surface area contributed by atoms with Crippen LogP contribution in [0.25, 0.3) is 0 Å². The second-order valence-electron chi connectivity index (χ2n) is 6.51. The Morgan fingerprint density at radius 2 is 2.00 bits per heavy atom. The highest BCUT2D eigenvalue weighted by Gasteiger charge is 2.39. The summed E-state index contributed by atoms with van der Waals surface area (Å²) in [6, 6.07) is 0.964. The Morgan fingerprint density at radius 3 is 2.75 bits per heavy atom. The fraction of sp³-hybridized carbons (Fsp3) is 0.933. The first-order valence-corrected chi connectivity index (χ1v) is 7.89. The molecular formula is C15H26N2O3. The number of piperidine rings is 1. The zero-order valence-electron chi connectivity index (χ0n) is 12.4. The van der Waals surface area contributed by atoms with E-state index in [0.29, 0.717) is 18.5 Å². The Hall–Kier alpha value is -0.650. The summed E-state index contributed by atoms with van der Waals surface area (Å²) in [6.45, 7) is 3.34. The molecule has 2 unspecified atom stereocenters. The summed E-state index contributed by atoms with van der Waals surface area (Å²) in [5.74, 6) is 0.274. The Bertz CT molecular complexity index is 350. The highest BCUT2D eigenvalue weighted by molar-refractivity contribution is 5.76. The first kappa shape index (κ1) is 14.3. The number of hydrogen-bond donors (Lipinski definition) is 1. The molecule has 0 aliphatic carbocycles. The maximum absolute atomic E-state index is 11.5. The standard InChI is InChI=1S/C15H26N2O3/c1-17-11-13(2-3-14(17)18)16-12-4-7-20-15(10-12)5-8-19-9-6-15/h12-13,16H,2-11H2,1H3. The van der Waals surface area contributed by atoms with E-state index in [9.17, 15) is 4.79 Å². The van der Waals surface area contributed by atoms with Crippen LogP contribution in [0.3, 0.4) is 0 Å². The molecule has 0 aromatic heterocycles. The molecule has 114 valence electrons. The number of hydrogen-bond acceptors (Lipinski definition) is 4. The van der Waals surface area contributed by atoms with Crippen LogP contribution in [-0.2, 0) is 14.3 Å². The van der Waals surface area contributed by atoms with Crippen LogP contribution in [0.2, 0.25) is 0 Å². The number of amides is 1. The van der Waals surface area contributed by atoms with Crippen LogP contribution in [0.4, 0.5) is 0 Å². The highest BCUT2D eigenvalue weighted by Crippen LogP contribution is 2.34. The molecule has 1 amide bonds. The molecule has 3 rings (SSSR count). The monoisotopic (exact) mass is 282 g/mol. The van der Waals surface area contributed by atoms with Gasteiger partial charge in [-0.25, -0.2) is 0 Å². The molecule has 3 heterocycles. The Kier molecular flexibility index (Phi) is 4.29. The lowest BCUT2D eigenvalue weighted by Crippen LogP contribution is -2.55. The smallest absolute Gasteiger partial charge is 0.222 e. The van der Waals surface area contributed by atoms with Gasteiger partial charge in [-0.2, -0.15) is 0 Å². The van der Waals surface area contributed by atoms with Crippen LogP contribution in [0.15, 0.2) is 0 Å². The van der Waals surface area contributed by atoms with Gasteiger partial charge >= 0.3 is 0 Å². The fourth-order valence-electron chi connectivity index (χ4n) is 3.74. The molecule has 3 saturated heterocycles. The largest absolute Gasteiger partial charge is 0.381 e. The predicted molar refractivity (Wildman–Crippen MR) is 75.6 cm³/mol. The van der Waals surface area contributed by atoms with Crippen molar-refractivity contribution in [2.24, 2.45) is 0 Å². The second-order valence-corrected chi connectivity index (χ2v) is 6.51. The summed E-state index contributed by atoms with van der Waals surface area (Å²) in [5, 5.41) is 3.77. The normalized spacial score (nSPS) is 34.5. The van der Waals surface area contributed by atoms with Gasteiger partial charge in [-0.05, 0) is 32.1 Å². The van der Waals surface area contributed by atoms with Crippen molar-refractivity contribution in [2.45, 2.75) is 56.2 Å². The maximum Gasteiger partial charge on any atom is 0.222 e. The Morgan fingerprint density at radius 1 is 1.20 bits per heavy atom. The van der Waals surface area contributed by atoms with Crippen LogP contribution >= 0.6 is 0 Å². The minimum atomic E-state index is 0.0462. The number of nitrogens with one attached hydrogen (secondary N) is 1. The first-order valence-electron chi connectivity index (χ1n) is 7.89. The molecule has 0 aromatic rings. The van der Waals surface area contributed by atoms with E-state index in [1.807, 2.05) is 11.9 Å². The summed E-state index contributed by atoms with van der Waals surface area (Å²) in [5.41, 5.74) is 0.0462.